The Morgan fingerprint density at radius 1 is 1.05 bits per heavy atom. The summed E-state index contributed by atoms with van der Waals surface area (Å²) in [5.41, 5.74) is 6.01. The molecule has 1 aromatic carbocycles. The number of hydrogen-bond donors (Lipinski definition) is 1. The predicted octanol–water partition coefficient (Wildman–Crippen LogP) is 1.74. The zero-order valence-electron chi connectivity index (χ0n) is 11.7. The molecule has 0 aliphatic heterocycles. The van der Waals surface area contributed by atoms with E-state index in [-0.39, 0.29) is 28.0 Å². The van der Waals surface area contributed by atoms with Gasteiger partial charge >= 0.3 is 0 Å². The number of carbonyl (C=O) groups is 4. The minimum Gasteiger partial charge on any atom is -0.397 e. The molecule has 0 aliphatic carbocycles. The number of anilines is 2. The van der Waals surface area contributed by atoms with Gasteiger partial charge in [0.2, 0.25) is 11.8 Å². The van der Waals surface area contributed by atoms with Gasteiger partial charge in [0.05, 0.1) is 29.2 Å². The Balaban J connectivity index is 3.19. The van der Waals surface area contributed by atoms with Crippen LogP contribution in [0, 0.1) is 0 Å². The monoisotopic (exact) mass is 310 g/mol. The molecule has 2 N–H and O–H groups in total. The number of nitrogen functional groups attached to an aromatic ring is 1. The standard InChI is InChI=1S/C14H15ClN2O4/c1-8(18)5-13(20)17(14(21)6-9(2)19)10-3-4-11(15)12(16)7-10/h3-4,7H,5-6,16H2,1-2H3. The number of Topliss-reactive ketones (excluding diaryl/α,β-unsaturated/α-hetero) is 2. The Morgan fingerprint density at radius 3 is 1.90 bits per heavy atom. The van der Waals surface area contributed by atoms with Gasteiger partial charge < -0.3 is 5.73 Å². The van der Waals surface area contributed by atoms with Crippen LogP contribution in [0.2, 0.25) is 5.02 Å². The van der Waals surface area contributed by atoms with Crippen LogP contribution >= 0.6 is 11.6 Å². The van der Waals surface area contributed by atoms with Crippen molar-refractivity contribution < 1.29 is 19.2 Å². The third-order valence-corrected chi connectivity index (χ3v) is 2.88. The van der Waals surface area contributed by atoms with E-state index in [1.54, 1.807) is 0 Å². The maximum atomic E-state index is 12.1. The highest BCUT2D eigenvalue weighted by Crippen LogP contribution is 2.26. The predicted molar refractivity (Wildman–Crippen MR) is 79.0 cm³/mol. The molecule has 7 heteroatoms. The van der Waals surface area contributed by atoms with Crippen LogP contribution in [-0.2, 0) is 19.2 Å². The molecule has 0 radical (unpaired) electrons. The van der Waals surface area contributed by atoms with E-state index < -0.39 is 24.7 Å². The SMILES string of the molecule is CC(=O)CC(=O)N(C(=O)CC(C)=O)c1ccc(Cl)c(N)c1. The van der Waals surface area contributed by atoms with Crippen LogP contribution in [0.25, 0.3) is 0 Å². The second-order valence-electron chi connectivity index (χ2n) is 4.59. The molecular weight excluding hydrogens is 296 g/mol. The van der Waals surface area contributed by atoms with Crippen LogP contribution in [0.4, 0.5) is 11.4 Å². The number of carbonyl (C=O) groups excluding carboxylic acids is 4. The fourth-order valence-corrected chi connectivity index (χ4v) is 1.80. The van der Waals surface area contributed by atoms with E-state index in [1.165, 1.54) is 32.0 Å². The Kier molecular flexibility index (Phi) is 5.60. The molecule has 6 nitrogen and oxygen atoms in total. The summed E-state index contributed by atoms with van der Waals surface area (Å²) in [6.07, 6.45) is -0.877. The largest absolute Gasteiger partial charge is 0.397 e. The van der Waals surface area contributed by atoms with Crippen LogP contribution < -0.4 is 10.6 Å². The van der Waals surface area contributed by atoms with Crippen molar-refractivity contribution in [2.45, 2.75) is 26.7 Å². The second-order valence-corrected chi connectivity index (χ2v) is 4.99. The van der Waals surface area contributed by atoms with Gasteiger partial charge in [-0.25, -0.2) is 4.90 Å². The molecule has 21 heavy (non-hydrogen) atoms. The summed E-state index contributed by atoms with van der Waals surface area (Å²) < 4.78 is 0. The smallest absolute Gasteiger partial charge is 0.241 e. The maximum Gasteiger partial charge on any atom is 0.241 e. The average molecular weight is 311 g/mol. The molecule has 2 amide bonds. The molecule has 112 valence electrons. The Morgan fingerprint density at radius 2 is 1.52 bits per heavy atom. The molecule has 0 unspecified atom stereocenters. The molecule has 0 aliphatic rings. The van der Waals surface area contributed by atoms with Crippen molar-refractivity contribution in [1.82, 2.24) is 0 Å². The van der Waals surface area contributed by atoms with Gasteiger partial charge in [-0.3, -0.25) is 19.2 Å². The average Bonchev–Trinajstić information content (AvgIpc) is 2.32. The summed E-state index contributed by atoms with van der Waals surface area (Å²) in [6.45, 7) is 2.48. The first-order chi connectivity index (χ1) is 9.72. The number of benzene rings is 1. The lowest BCUT2D eigenvalue weighted by atomic mass is 10.2. The second kappa shape index (κ2) is 6.99. The fraction of sp³-hybridized carbons (Fsp3) is 0.286. The molecular formula is C14H15ClN2O4. The number of nitrogens with two attached hydrogens (primary N) is 1. The number of halogens is 1. The number of ketones is 2. The first-order valence-electron chi connectivity index (χ1n) is 6.12. The fourth-order valence-electron chi connectivity index (χ4n) is 1.68. The normalized spacial score (nSPS) is 10.0. The number of amides is 2. The lowest BCUT2D eigenvalue weighted by molar-refractivity contribution is -0.130. The molecule has 0 saturated heterocycles. The van der Waals surface area contributed by atoms with Gasteiger partial charge in [0.1, 0.15) is 11.6 Å². The minimum absolute atomic E-state index is 0.175. The highest BCUT2D eigenvalue weighted by molar-refractivity contribution is 6.33. The number of nitrogens with zero attached hydrogens (tertiary/aromatic N) is 1. The summed E-state index contributed by atoms with van der Waals surface area (Å²) in [4.78, 5) is 47.1. The van der Waals surface area contributed by atoms with E-state index in [0.717, 1.165) is 4.90 Å². The lowest BCUT2D eigenvalue weighted by Crippen LogP contribution is -2.38. The first-order valence-corrected chi connectivity index (χ1v) is 6.50. The van der Waals surface area contributed by atoms with Crippen molar-refractivity contribution in [2.24, 2.45) is 0 Å². The van der Waals surface area contributed by atoms with Crippen LogP contribution in [-0.4, -0.2) is 23.4 Å². The number of rotatable bonds is 5. The van der Waals surface area contributed by atoms with Gasteiger partial charge in [-0.1, -0.05) is 11.6 Å². The third-order valence-electron chi connectivity index (χ3n) is 2.54. The van der Waals surface area contributed by atoms with Crippen molar-refractivity contribution in [3.8, 4) is 0 Å². The third kappa shape index (κ3) is 4.68. The lowest BCUT2D eigenvalue weighted by Gasteiger charge is -2.20. The van der Waals surface area contributed by atoms with Gasteiger partial charge in [-0.05, 0) is 32.0 Å². The van der Waals surface area contributed by atoms with Crippen LogP contribution in [0.15, 0.2) is 18.2 Å². The Bertz CT molecular complexity index is 585. The van der Waals surface area contributed by atoms with E-state index in [4.69, 9.17) is 17.3 Å². The molecule has 0 spiro atoms. The topological polar surface area (TPSA) is 97.5 Å². The van der Waals surface area contributed by atoms with Crippen LogP contribution in [0.3, 0.4) is 0 Å². The van der Waals surface area contributed by atoms with Crippen molar-refractivity contribution in [3.05, 3.63) is 23.2 Å². The summed E-state index contributed by atoms with van der Waals surface area (Å²) >= 11 is 5.79. The van der Waals surface area contributed by atoms with Crippen molar-refractivity contribution in [2.75, 3.05) is 10.6 Å². The van der Waals surface area contributed by atoms with E-state index in [1.807, 2.05) is 0 Å². The van der Waals surface area contributed by atoms with Gasteiger partial charge in [0, 0.05) is 0 Å². The molecule has 1 aromatic rings. The minimum atomic E-state index is -0.713. The Labute approximate surface area is 126 Å². The molecule has 0 aromatic heterocycles. The molecule has 0 bridgehead atoms. The van der Waals surface area contributed by atoms with Crippen molar-refractivity contribution in [1.29, 1.82) is 0 Å². The molecule has 1 rings (SSSR count). The maximum absolute atomic E-state index is 12.1. The van der Waals surface area contributed by atoms with Crippen molar-refractivity contribution >= 4 is 46.4 Å². The van der Waals surface area contributed by atoms with E-state index in [2.05, 4.69) is 0 Å². The van der Waals surface area contributed by atoms with Gasteiger partial charge in [-0.15, -0.1) is 0 Å². The summed E-state index contributed by atoms with van der Waals surface area (Å²) in [5, 5.41) is 0.275. The molecule has 0 saturated carbocycles. The Hall–Kier alpha value is -2.21. The number of imide groups is 1. The zero-order valence-corrected chi connectivity index (χ0v) is 12.4. The summed E-state index contributed by atoms with van der Waals surface area (Å²) in [7, 11) is 0. The van der Waals surface area contributed by atoms with E-state index in [0.29, 0.717) is 0 Å². The molecule has 0 atom stereocenters. The van der Waals surface area contributed by atoms with Gasteiger partial charge in [0.25, 0.3) is 0 Å². The molecule has 0 heterocycles. The number of hydrogen-bond acceptors (Lipinski definition) is 5. The quantitative estimate of drug-likeness (QED) is 0.660. The first kappa shape index (κ1) is 16.8. The highest BCUT2D eigenvalue weighted by Gasteiger charge is 2.25. The highest BCUT2D eigenvalue weighted by atomic mass is 35.5. The van der Waals surface area contributed by atoms with Crippen LogP contribution in [0.5, 0.6) is 0 Å². The van der Waals surface area contributed by atoms with Crippen LogP contribution in [0.1, 0.15) is 26.7 Å². The summed E-state index contributed by atoms with van der Waals surface area (Å²) in [6, 6.07) is 4.20. The summed E-state index contributed by atoms with van der Waals surface area (Å²) in [5.74, 6) is -2.20. The van der Waals surface area contributed by atoms with Gasteiger partial charge in [0.15, 0.2) is 0 Å². The van der Waals surface area contributed by atoms with E-state index in [9.17, 15) is 19.2 Å². The van der Waals surface area contributed by atoms with E-state index >= 15 is 0 Å². The van der Waals surface area contributed by atoms with Gasteiger partial charge in [-0.2, -0.15) is 0 Å². The zero-order chi connectivity index (χ0) is 16.2. The van der Waals surface area contributed by atoms with Crippen molar-refractivity contribution in [3.63, 3.8) is 0 Å². The molecule has 0 fully saturated rings.